The second-order valence-electron chi connectivity index (χ2n) is 3.92. The van der Waals surface area contributed by atoms with E-state index in [0.29, 0.717) is 5.75 Å². The molecule has 0 aromatic heterocycles. The zero-order chi connectivity index (χ0) is 10.7. The SMILES string of the molecule is Fc1ccc(CBr)cc1OC1CCCC1. The second kappa shape index (κ2) is 4.97. The molecule has 1 aromatic rings. The maximum absolute atomic E-state index is 13.4. The molecule has 0 radical (unpaired) electrons. The Bertz CT molecular complexity index is 334. The highest BCUT2D eigenvalue weighted by molar-refractivity contribution is 9.08. The van der Waals surface area contributed by atoms with Gasteiger partial charge in [-0.25, -0.2) is 4.39 Å². The van der Waals surface area contributed by atoms with E-state index in [9.17, 15) is 4.39 Å². The molecule has 1 aliphatic carbocycles. The molecule has 0 bridgehead atoms. The van der Waals surface area contributed by atoms with Crippen molar-refractivity contribution in [2.75, 3.05) is 0 Å². The molecule has 1 saturated carbocycles. The lowest BCUT2D eigenvalue weighted by molar-refractivity contribution is 0.200. The summed E-state index contributed by atoms with van der Waals surface area (Å²) in [6.07, 6.45) is 4.72. The highest BCUT2D eigenvalue weighted by Gasteiger charge is 2.18. The summed E-state index contributed by atoms with van der Waals surface area (Å²) in [4.78, 5) is 0. The predicted octanol–water partition coefficient (Wildman–Crippen LogP) is 4.04. The van der Waals surface area contributed by atoms with E-state index in [4.69, 9.17) is 4.74 Å². The number of halogens is 2. The van der Waals surface area contributed by atoms with Gasteiger partial charge in [-0.3, -0.25) is 0 Å². The molecule has 0 amide bonds. The molecule has 82 valence electrons. The lowest BCUT2D eigenvalue weighted by atomic mass is 10.2. The van der Waals surface area contributed by atoms with Crippen LogP contribution >= 0.6 is 15.9 Å². The van der Waals surface area contributed by atoms with Gasteiger partial charge in [-0.1, -0.05) is 22.0 Å². The smallest absolute Gasteiger partial charge is 0.165 e. The molecule has 0 atom stereocenters. The van der Waals surface area contributed by atoms with Crippen molar-refractivity contribution in [3.05, 3.63) is 29.6 Å². The van der Waals surface area contributed by atoms with Crippen LogP contribution in [0.1, 0.15) is 31.2 Å². The van der Waals surface area contributed by atoms with Gasteiger partial charge in [-0.05, 0) is 43.4 Å². The van der Waals surface area contributed by atoms with Crippen molar-refractivity contribution in [1.82, 2.24) is 0 Å². The first-order valence-electron chi connectivity index (χ1n) is 5.30. The van der Waals surface area contributed by atoms with Gasteiger partial charge in [-0.15, -0.1) is 0 Å². The third kappa shape index (κ3) is 2.71. The Labute approximate surface area is 97.8 Å². The molecule has 0 spiro atoms. The summed E-state index contributed by atoms with van der Waals surface area (Å²) in [5, 5.41) is 0.730. The van der Waals surface area contributed by atoms with E-state index in [-0.39, 0.29) is 11.9 Å². The minimum Gasteiger partial charge on any atom is -0.487 e. The predicted molar refractivity (Wildman–Crippen MR) is 61.9 cm³/mol. The van der Waals surface area contributed by atoms with Gasteiger partial charge in [0.15, 0.2) is 11.6 Å². The number of benzene rings is 1. The summed E-state index contributed by atoms with van der Waals surface area (Å²) in [6, 6.07) is 5.02. The van der Waals surface area contributed by atoms with E-state index >= 15 is 0 Å². The molecule has 1 fully saturated rings. The van der Waals surface area contributed by atoms with E-state index in [1.807, 2.05) is 0 Å². The maximum Gasteiger partial charge on any atom is 0.165 e. The van der Waals surface area contributed by atoms with Gasteiger partial charge in [0.05, 0.1) is 6.10 Å². The minimum atomic E-state index is -0.258. The first-order chi connectivity index (χ1) is 7.29. The van der Waals surface area contributed by atoms with Crippen LogP contribution in [0.5, 0.6) is 5.75 Å². The normalized spacial score (nSPS) is 16.9. The monoisotopic (exact) mass is 272 g/mol. The number of hydrogen-bond donors (Lipinski definition) is 0. The van der Waals surface area contributed by atoms with Crippen molar-refractivity contribution in [2.24, 2.45) is 0 Å². The van der Waals surface area contributed by atoms with Crippen LogP contribution in [0.25, 0.3) is 0 Å². The van der Waals surface area contributed by atoms with Gasteiger partial charge in [0.25, 0.3) is 0 Å². The topological polar surface area (TPSA) is 9.23 Å². The Kier molecular flexibility index (Phi) is 3.62. The van der Waals surface area contributed by atoms with Gasteiger partial charge in [0.1, 0.15) is 0 Å². The highest BCUT2D eigenvalue weighted by Crippen LogP contribution is 2.27. The number of alkyl halides is 1. The Morgan fingerprint density at radius 3 is 2.73 bits per heavy atom. The van der Waals surface area contributed by atoms with Crippen molar-refractivity contribution in [1.29, 1.82) is 0 Å². The first-order valence-corrected chi connectivity index (χ1v) is 6.43. The zero-order valence-corrected chi connectivity index (χ0v) is 10.1. The Morgan fingerprint density at radius 1 is 1.33 bits per heavy atom. The molecule has 15 heavy (non-hydrogen) atoms. The largest absolute Gasteiger partial charge is 0.487 e. The number of hydrogen-bond acceptors (Lipinski definition) is 1. The number of ether oxygens (including phenoxy) is 1. The van der Waals surface area contributed by atoms with E-state index in [1.165, 1.54) is 18.9 Å². The molecule has 0 saturated heterocycles. The molecule has 1 aromatic carbocycles. The fourth-order valence-electron chi connectivity index (χ4n) is 1.91. The molecule has 1 aliphatic rings. The fourth-order valence-corrected chi connectivity index (χ4v) is 2.26. The standard InChI is InChI=1S/C12H14BrFO/c13-8-9-5-6-11(14)12(7-9)15-10-3-1-2-4-10/h5-7,10H,1-4,8H2. The summed E-state index contributed by atoms with van der Waals surface area (Å²) >= 11 is 3.35. The van der Waals surface area contributed by atoms with E-state index in [0.717, 1.165) is 23.7 Å². The van der Waals surface area contributed by atoms with Crippen molar-refractivity contribution >= 4 is 15.9 Å². The van der Waals surface area contributed by atoms with Crippen LogP contribution in [-0.2, 0) is 5.33 Å². The summed E-state index contributed by atoms with van der Waals surface area (Å²) in [5.74, 6) is 0.144. The van der Waals surface area contributed by atoms with Crippen LogP contribution in [0.3, 0.4) is 0 Å². The van der Waals surface area contributed by atoms with Gasteiger partial charge in [0.2, 0.25) is 0 Å². The highest BCUT2D eigenvalue weighted by atomic mass is 79.9. The van der Waals surface area contributed by atoms with Gasteiger partial charge in [-0.2, -0.15) is 0 Å². The van der Waals surface area contributed by atoms with Crippen LogP contribution in [0.4, 0.5) is 4.39 Å². The third-order valence-corrected chi connectivity index (χ3v) is 3.39. The average Bonchev–Trinajstić information content (AvgIpc) is 2.74. The molecular weight excluding hydrogens is 259 g/mol. The Hall–Kier alpha value is -0.570. The molecule has 0 unspecified atom stereocenters. The van der Waals surface area contributed by atoms with E-state index in [2.05, 4.69) is 15.9 Å². The molecule has 0 heterocycles. The van der Waals surface area contributed by atoms with Crippen molar-refractivity contribution < 1.29 is 9.13 Å². The van der Waals surface area contributed by atoms with Gasteiger partial charge < -0.3 is 4.74 Å². The van der Waals surface area contributed by atoms with Gasteiger partial charge in [0, 0.05) is 5.33 Å². The van der Waals surface area contributed by atoms with Crippen LogP contribution < -0.4 is 4.74 Å². The summed E-state index contributed by atoms with van der Waals surface area (Å²) in [5.41, 5.74) is 1.05. The zero-order valence-electron chi connectivity index (χ0n) is 8.51. The Balaban J connectivity index is 2.11. The fraction of sp³-hybridized carbons (Fsp3) is 0.500. The van der Waals surface area contributed by atoms with E-state index in [1.54, 1.807) is 12.1 Å². The van der Waals surface area contributed by atoms with Gasteiger partial charge >= 0.3 is 0 Å². The van der Waals surface area contributed by atoms with Crippen molar-refractivity contribution in [3.8, 4) is 5.75 Å². The van der Waals surface area contributed by atoms with E-state index < -0.39 is 0 Å². The van der Waals surface area contributed by atoms with Crippen LogP contribution in [-0.4, -0.2) is 6.10 Å². The lowest BCUT2D eigenvalue weighted by Gasteiger charge is -2.14. The summed E-state index contributed by atoms with van der Waals surface area (Å²) < 4.78 is 19.1. The number of rotatable bonds is 3. The molecule has 0 aliphatic heterocycles. The first kappa shape index (κ1) is 10.9. The van der Waals surface area contributed by atoms with Crippen molar-refractivity contribution in [3.63, 3.8) is 0 Å². The maximum atomic E-state index is 13.4. The summed E-state index contributed by atoms with van der Waals surface area (Å²) in [7, 11) is 0. The van der Waals surface area contributed by atoms with Crippen LogP contribution in [0.15, 0.2) is 18.2 Å². The Morgan fingerprint density at radius 2 is 2.07 bits per heavy atom. The third-order valence-electron chi connectivity index (χ3n) is 2.75. The van der Waals surface area contributed by atoms with Crippen molar-refractivity contribution in [2.45, 2.75) is 37.1 Å². The van der Waals surface area contributed by atoms with Crippen LogP contribution in [0.2, 0.25) is 0 Å². The quantitative estimate of drug-likeness (QED) is 0.755. The van der Waals surface area contributed by atoms with Crippen LogP contribution in [0, 0.1) is 5.82 Å². The molecular formula is C12H14BrFO. The molecule has 2 rings (SSSR count). The lowest BCUT2D eigenvalue weighted by Crippen LogP contribution is -2.11. The average molecular weight is 273 g/mol. The summed E-state index contributed by atoms with van der Waals surface area (Å²) in [6.45, 7) is 0. The minimum absolute atomic E-state index is 0.213. The molecule has 0 N–H and O–H groups in total. The molecule has 3 heteroatoms. The second-order valence-corrected chi connectivity index (χ2v) is 4.48. The molecule has 1 nitrogen and oxygen atoms in total.